The van der Waals surface area contributed by atoms with Crippen molar-refractivity contribution in [2.45, 2.75) is 46.3 Å². The smallest absolute Gasteiger partial charge is 0.246 e. The number of benzene rings is 2. The van der Waals surface area contributed by atoms with E-state index in [1.54, 1.807) is 0 Å². The van der Waals surface area contributed by atoms with Gasteiger partial charge in [-0.15, -0.1) is 0 Å². The van der Waals surface area contributed by atoms with Crippen LogP contribution in [0.2, 0.25) is 0 Å². The maximum Gasteiger partial charge on any atom is 0.246 e. The number of carbonyl (C=O) groups excluding carboxylic acids is 1. The van der Waals surface area contributed by atoms with E-state index in [2.05, 4.69) is 17.1 Å². The fourth-order valence-electron chi connectivity index (χ4n) is 3.22. The van der Waals surface area contributed by atoms with Gasteiger partial charge in [0.05, 0.1) is 12.2 Å². The van der Waals surface area contributed by atoms with E-state index in [1.807, 2.05) is 57.2 Å². The minimum Gasteiger partial charge on any atom is -0.486 e. The highest BCUT2D eigenvalue weighted by Gasteiger charge is 2.31. The van der Waals surface area contributed by atoms with E-state index in [4.69, 9.17) is 10.5 Å². The molecule has 0 fully saturated rings. The van der Waals surface area contributed by atoms with Gasteiger partial charge in [0.2, 0.25) is 5.91 Å². The van der Waals surface area contributed by atoms with Gasteiger partial charge in [-0.25, -0.2) is 0 Å². The number of nitrogen functional groups attached to an aromatic ring is 1. The van der Waals surface area contributed by atoms with Gasteiger partial charge in [0, 0.05) is 11.4 Å². The summed E-state index contributed by atoms with van der Waals surface area (Å²) in [6.45, 7) is 8.69. The Bertz CT molecular complexity index is 819. The van der Waals surface area contributed by atoms with Crippen molar-refractivity contribution in [3.8, 4) is 5.75 Å². The zero-order valence-electron chi connectivity index (χ0n) is 15.9. The number of ether oxygens (including phenoxy) is 1. The summed E-state index contributed by atoms with van der Waals surface area (Å²) in [6, 6.07) is 11.3. The van der Waals surface area contributed by atoms with Crippen molar-refractivity contribution < 1.29 is 9.53 Å². The fraction of sp³-hybridized carbons (Fsp3) is 0.381. The van der Waals surface area contributed by atoms with E-state index >= 15 is 0 Å². The summed E-state index contributed by atoms with van der Waals surface area (Å²) >= 11 is 0. The Kier molecular flexibility index (Phi) is 5.07. The summed E-state index contributed by atoms with van der Waals surface area (Å²) in [5.41, 5.74) is 10.5. The van der Waals surface area contributed by atoms with Gasteiger partial charge in [0.15, 0.2) is 0 Å². The lowest BCUT2D eigenvalue weighted by atomic mass is 10.1. The maximum atomic E-state index is 12.9. The molecule has 5 nitrogen and oxygen atoms in total. The molecule has 0 radical (unpaired) electrons. The van der Waals surface area contributed by atoms with E-state index in [9.17, 15) is 4.79 Å². The van der Waals surface area contributed by atoms with Crippen LogP contribution in [0, 0.1) is 13.8 Å². The molecule has 1 aliphatic heterocycles. The molecule has 0 bridgehead atoms. The molecule has 0 spiro atoms. The molecule has 5 heteroatoms. The first-order valence-corrected chi connectivity index (χ1v) is 9.10. The number of hydrogen-bond acceptors (Lipinski definition) is 4. The minimum atomic E-state index is -0.339. The number of hydrogen-bond donors (Lipinski definition) is 2. The second-order valence-electron chi connectivity index (χ2n) is 7.01. The number of aryl methyl sites for hydroxylation is 2. The summed E-state index contributed by atoms with van der Waals surface area (Å²) in [5.74, 6) is 0.743. The van der Waals surface area contributed by atoms with Crippen LogP contribution in [-0.2, 0) is 4.79 Å². The quantitative estimate of drug-likeness (QED) is 0.818. The third-order valence-electron chi connectivity index (χ3n) is 4.94. The van der Waals surface area contributed by atoms with Gasteiger partial charge in [-0.3, -0.25) is 4.79 Å². The molecule has 2 atom stereocenters. The molecule has 2 aromatic carbocycles. The Balaban J connectivity index is 1.86. The Labute approximate surface area is 155 Å². The van der Waals surface area contributed by atoms with Crippen LogP contribution in [0.4, 0.5) is 17.1 Å². The largest absolute Gasteiger partial charge is 0.486 e. The van der Waals surface area contributed by atoms with Crippen LogP contribution in [0.3, 0.4) is 0 Å². The molecule has 1 heterocycles. The van der Waals surface area contributed by atoms with E-state index in [1.165, 1.54) is 0 Å². The van der Waals surface area contributed by atoms with E-state index in [-0.39, 0.29) is 18.1 Å². The van der Waals surface area contributed by atoms with Crippen LogP contribution < -0.4 is 20.7 Å². The van der Waals surface area contributed by atoms with Crippen molar-refractivity contribution in [1.29, 1.82) is 0 Å². The lowest BCUT2D eigenvalue weighted by molar-refractivity contribution is -0.117. The van der Waals surface area contributed by atoms with Crippen molar-refractivity contribution in [2.75, 3.05) is 22.5 Å². The predicted octanol–water partition coefficient (Wildman–Crippen LogP) is 3.89. The first-order valence-electron chi connectivity index (χ1n) is 9.10. The Morgan fingerprint density at radius 2 is 2.08 bits per heavy atom. The number of nitrogens with two attached hydrogens (primary N) is 1. The molecule has 0 saturated heterocycles. The molecule has 26 heavy (non-hydrogen) atoms. The van der Waals surface area contributed by atoms with Gasteiger partial charge in [-0.1, -0.05) is 19.1 Å². The average Bonchev–Trinajstić information content (AvgIpc) is 2.63. The second-order valence-corrected chi connectivity index (χ2v) is 7.01. The fourth-order valence-corrected chi connectivity index (χ4v) is 3.22. The molecule has 2 aromatic rings. The third kappa shape index (κ3) is 3.62. The van der Waals surface area contributed by atoms with Gasteiger partial charge in [0.25, 0.3) is 0 Å². The standard InChI is InChI=1S/C21H27N3O2/c1-5-17-12-24(19-11-16(22)8-9-20(19)26-17)15(4)21(25)23-18-10-13(2)6-7-14(18)3/h6-11,15,17H,5,12,22H2,1-4H3,(H,23,25). The van der Waals surface area contributed by atoms with Crippen molar-refractivity contribution in [1.82, 2.24) is 0 Å². The number of nitrogens with zero attached hydrogens (tertiary/aromatic N) is 1. The molecule has 1 amide bonds. The summed E-state index contributed by atoms with van der Waals surface area (Å²) in [4.78, 5) is 15.0. The number of carbonyl (C=O) groups is 1. The number of fused-ring (bicyclic) bond motifs is 1. The van der Waals surface area contributed by atoms with E-state index in [0.29, 0.717) is 12.2 Å². The van der Waals surface area contributed by atoms with Crippen LogP contribution >= 0.6 is 0 Å². The number of anilines is 3. The molecule has 0 saturated carbocycles. The lowest BCUT2D eigenvalue weighted by Gasteiger charge is -2.39. The number of amides is 1. The maximum absolute atomic E-state index is 12.9. The van der Waals surface area contributed by atoms with Crippen LogP contribution in [-0.4, -0.2) is 24.6 Å². The Morgan fingerprint density at radius 3 is 2.81 bits per heavy atom. The van der Waals surface area contributed by atoms with E-state index < -0.39 is 0 Å². The molecular formula is C21H27N3O2. The highest BCUT2D eigenvalue weighted by molar-refractivity contribution is 5.97. The highest BCUT2D eigenvalue weighted by Crippen LogP contribution is 2.37. The first kappa shape index (κ1) is 18.1. The molecule has 0 aliphatic carbocycles. The monoisotopic (exact) mass is 353 g/mol. The van der Waals surface area contributed by atoms with Crippen LogP contribution in [0.5, 0.6) is 5.75 Å². The van der Waals surface area contributed by atoms with Crippen molar-refractivity contribution in [3.05, 3.63) is 47.5 Å². The Morgan fingerprint density at radius 1 is 1.31 bits per heavy atom. The van der Waals surface area contributed by atoms with Gasteiger partial charge in [-0.2, -0.15) is 0 Å². The Hall–Kier alpha value is -2.69. The molecular weight excluding hydrogens is 326 g/mol. The van der Waals surface area contributed by atoms with Crippen LogP contribution in [0.1, 0.15) is 31.4 Å². The van der Waals surface area contributed by atoms with Crippen molar-refractivity contribution in [3.63, 3.8) is 0 Å². The zero-order chi connectivity index (χ0) is 18.8. The van der Waals surface area contributed by atoms with Crippen molar-refractivity contribution in [2.24, 2.45) is 0 Å². The summed E-state index contributed by atoms with van der Waals surface area (Å²) in [5, 5.41) is 3.07. The predicted molar refractivity (Wildman–Crippen MR) is 107 cm³/mol. The molecule has 0 aromatic heterocycles. The minimum absolute atomic E-state index is 0.0381. The highest BCUT2D eigenvalue weighted by atomic mass is 16.5. The summed E-state index contributed by atoms with van der Waals surface area (Å²) in [7, 11) is 0. The molecule has 2 unspecified atom stereocenters. The third-order valence-corrected chi connectivity index (χ3v) is 4.94. The van der Waals surface area contributed by atoms with Crippen LogP contribution in [0.15, 0.2) is 36.4 Å². The first-order chi connectivity index (χ1) is 12.4. The average molecular weight is 353 g/mol. The van der Waals surface area contributed by atoms with Crippen molar-refractivity contribution >= 4 is 23.0 Å². The van der Waals surface area contributed by atoms with Gasteiger partial charge in [0.1, 0.15) is 17.9 Å². The van der Waals surface area contributed by atoms with Gasteiger partial charge < -0.3 is 20.7 Å². The van der Waals surface area contributed by atoms with E-state index in [0.717, 1.165) is 34.7 Å². The SMILES string of the molecule is CCC1CN(C(C)C(=O)Nc2cc(C)ccc2C)c2cc(N)ccc2O1. The lowest BCUT2D eigenvalue weighted by Crippen LogP contribution is -2.49. The molecule has 3 rings (SSSR count). The number of nitrogens with one attached hydrogen (secondary N) is 1. The van der Waals surface area contributed by atoms with Gasteiger partial charge in [-0.05, 0) is 62.6 Å². The van der Waals surface area contributed by atoms with Gasteiger partial charge >= 0.3 is 0 Å². The second kappa shape index (κ2) is 7.28. The van der Waals surface area contributed by atoms with Crippen LogP contribution in [0.25, 0.3) is 0 Å². The molecule has 138 valence electrons. The molecule has 1 aliphatic rings. The topological polar surface area (TPSA) is 67.6 Å². The zero-order valence-corrected chi connectivity index (χ0v) is 15.9. The summed E-state index contributed by atoms with van der Waals surface area (Å²) < 4.78 is 6.02. The molecule has 3 N–H and O–H groups in total. The number of rotatable bonds is 4. The normalized spacial score (nSPS) is 17.2. The summed E-state index contributed by atoms with van der Waals surface area (Å²) in [6.07, 6.45) is 0.938.